The molecule has 0 spiro atoms. The lowest BCUT2D eigenvalue weighted by Gasteiger charge is -2.08. The van der Waals surface area contributed by atoms with E-state index in [1.54, 1.807) is 6.92 Å². The molecule has 0 saturated carbocycles. The molecule has 0 aliphatic carbocycles. The first kappa shape index (κ1) is 15.0. The maximum atomic E-state index is 11.2. The van der Waals surface area contributed by atoms with Crippen molar-refractivity contribution in [2.75, 3.05) is 18.5 Å². The van der Waals surface area contributed by atoms with Gasteiger partial charge in [0.05, 0.1) is 9.95 Å². The van der Waals surface area contributed by atoms with Gasteiger partial charge in [-0.05, 0) is 16.4 Å². The molecule has 1 heterocycles. The van der Waals surface area contributed by atoms with Crippen LogP contribution >= 0.6 is 11.6 Å². The van der Waals surface area contributed by atoms with Crippen molar-refractivity contribution in [3.05, 3.63) is 21.2 Å². The van der Waals surface area contributed by atoms with Gasteiger partial charge < -0.3 is 10.1 Å². The Morgan fingerprint density at radius 1 is 1.52 bits per heavy atom. The molecule has 9 nitrogen and oxygen atoms in total. The largest absolute Gasteiger partial charge is 0.464 e. The Balaban J connectivity index is 2.20. The molecule has 1 N–H and O–H groups in total. The average molecular weight is 315 g/mol. The zero-order valence-electron chi connectivity index (χ0n) is 11.0. The summed E-state index contributed by atoms with van der Waals surface area (Å²) in [4.78, 5) is 21.5. The van der Waals surface area contributed by atoms with Crippen LogP contribution in [0.4, 0.5) is 11.4 Å². The molecule has 0 aliphatic heterocycles. The fourth-order valence-electron chi connectivity index (χ4n) is 1.66. The molecule has 0 amide bonds. The first-order valence-corrected chi connectivity index (χ1v) is 6.41. The second-order valence-corrected chi connectivity index (χ2v) is 4.38. The van der Waals surface area contributed by atoms with Gasteiger partial charge in [-0.3, -0.25) is 14.9 Å². The highest BCUT2D eigenvalue weighted by atomic mass is 35.5. The van der Waals surface area contributed by atoms with Crippen molar-refractivity contribution >= 4 is 40.0 Å². The number of hydrogen-bond donors (Lipinski definition) is 1. The van der Waals surface area contributed by atoms with Gasteiger partial charge in [0.1, 0.15) is 12.3 Å². The number of esters is 1. The third-order valence-electron chi connectivity index (χ3n) is 2.62. The van der Waals surface area contributed by atoms with Gasteiger partial charge in [-0.15, -0.1) is 0 Å². The Hall–Kier alpha value is -2.42. The summed E-state index contributed by atoms with van der Waals surface area (Å²) < 4.78 is 9.34. The number of carbonyl (C=O) groups is 1. The Morgan fingerprint density at radius 2 is 2.24 bits per heavy atom. The number of fused-ring (bicyclic) bond motifs is 1. The summed E-state index contributed by atoms with van der Waals surface area (Å²) in [5.41, 5.74) is -0.0647. The molecule has 1 aromatic heterocycles. The van der Waals surface area contributed by atoms with Crippen molar-refractivity contribution in [3.8, 4) is 0 Å². The second kappa shape index (κ2) is 6.35. The molecule has 0 bridgehead atoms. The Kier molecular flexibility index (Phi) is 4.53. The molecule has 2 aromatic rings. The number of anilines is 1. The predicted molar refractivity (Wildman–Crippen MR) is 73.2 cm³/mol. The number of benzene rings is 1. The van der Waals surface area contributed by atoms with Crippen LogP contribution in [0.25, 0.3) is 11.0 Å². The molecule has 0 radical (unpaired) electrons. The van der Waals surface area contributed by atoms with Crippen LogP contribution in [0.15, 0.2) is 10.7 Å². The molecule has 0 unspecified atom stereocenters. The minimum atomic E-state index is -0.608. The third-order valence-corrected chi connectivity index (χ3v) is 2.91. The minimum Gasteiger partial charge on any atom is -0.464 e. The third kappa shape index (κ3) is 3.19. The molecule has 0 atom stereocenters. The van der Waals surface area contributed by atoms with E-state index in [2.05, 4.69) is 20.3 Å². The van der Waals surface area contributed by atoms with Crippen LogP contribution in [-0.4, -0.2) is 34.4 Å². The van der Waals surface area contributed by atoms with Crippen molar-refractivity contribution in [2.24, 2.45) is 0 Å². The molecule has 1 aromatic carbocycles. The van der Waals surface area contributed by atoms with Crippen molar-refractivity contribution in [1.29, 1.82) is 0 Å². The monoisotopic (exact) mass is 314 g/mol. The number of nitrogens with zero attached hydrogens (tertiary/aromatic N) is 3. The lowest BCUT2D eigenvalue weighted by atomic mass is 10.2. The summed E-state index contributed by atoms with van der Waals surface area (Å²) >= 11 is 5.96. The summed E-state index contributed by atoms with van der Waals surface area (Å²) in [7, 11) is 0. The molecule has 0 fully saturated rings. The highest BCUT2D eigenvalue weighted by Crippen LogP contribution is 2.36. The lowest BCUT2D eigenvalue weighted by Crippen LogP contribution is -2.14. The molecule has 10 heteroatoms. The quantitative estimate of drug-likeness (QED) is 0.372. The number of halogens is 1. The van der Waals surface area contributed by atoms with Gasteiger partial charge in [-0.25, -0.2) is 4.63 Å². The zero-order chi connectivity index (χ0) is 15.4. The van der Waals surface area contributed by atoms with E-state index in [-0.39, 0.29) is 53.0 Å². The summed E-state index contributed by atoms with van der Waals surface area (Å²) in [6, 6.07) is 1.36. The Labute approximate surface area is 123 Å². The van der Waals surface area contributed by atoms with Crippen LogP contribution in [0.1, 0.15) is 13.3 Å². The van der Waals surface area contributed by atoms with Crippen LogP contribution in [0.5, 0.6) is 0 Å². The van der Waals surface area contributed by atoms with Crippen molar-refractivity contribution in [2.45, 2.75) is 13.3 Å². The number of ether oxygens (including phenoxy) is 1. The van der Waals surface area contributed by atoms with E-state index in [1.165, 1.54) is 6.07 Å². The summed E-state index contributed by atoms with van der Waals surface area (Å²) in [5.74, 6) is -0.347. The summed E-state index contributed by atoms with van der Waals surface area (Å²) in [5, 5.41) is 21.1. The van der Waals surface area contributed by atoms with E-state index in [4.69, 9.17) is 16.3 Å². The van der Waals surface area contributed by atoms with Gasteiger partial charge in [0, 0.05) is 13.0 Å². The molecule has 2 rings (SSSR count). The second-order valence-electron chi connectivity index (χ2n) is 3.97. The molecule has 0 aliphatic rings. The molecular formula is C11H11ClN4O5. The molecule has 21 heavy (non-hydrogen) atoms. The van der Waals surface area contributed by atoms with Crippen molar-refractivity contribution in [1.82, 2.24) is 10.3 Å². The molecular weight excluding hydrogens is 304 g/mol. The molecule has 112 valence electrons. The van der Waals surface area contributed by atoms with Gasteiger partial charge in [-0.1, -0.05) is 18.5 Å². The number of nitro groups is 1. The van der Waals surface area contributed by atoms with Crippen LogP contribution < -0.4 is 5.32 Å². The maximum absolute atomic E-state index is 11.2. The highest BCUT2D eigenvalue weighted by molar-refractivity contribution is 6.35. The van der Waals surface area contributed by atoms with E-state index >= 15 is 0 Å². The van der Waals surface area contributed by atoms with Gasteiger partial charge >= 0.3 is 11.7 Å². The number of hydrogen-bond acceptors (Lipinski definition) is 8. The summed E-state index contributed by atoms with van der Waals surface area (Å²) in [6.07, 6.45) is 0.266. The predicted octanol–water partition coefficient (Wildman–Crippen LogP) is 2.15. The van der Waals surface area contributed by atoms with Gasteiger partial charge in [0.2, 0.25) is 5.52 Å². The van der Waals surface area contributed by atoms with Crippen LogP contribution in [-0.2, 0) is 9.53 Å². The summed E-state index contributed by atoms with van der Waals surface area (Å²) in [6.45, 7) is 1.95. The lowest BCUT2D eigenvalue weighted by molar-refractivity contribution is -0.382. The smallest absolute Gasteiger partial charge is 0.323 e. The highest BCUT2D eigenvalue weighted by Gasteiger charge is 2.25. The fourth-order valence-corrected chi connectivity index (χ4v) is 1.90. The normalized spacial score (nSPS) is 10.6. The standard InChI is InChI=1S/C11H11ClN4O5/c1-2-8(17)20-4-3-13-7-5-6(12)9-10(15-21-14-9)11(7)16(18)19/h5,13H,2-4H2,1H3. The SMILES string of the molecule is CCC(=O)OCCNc1cc(Cl)c2nonc2c1[N+](=O)[O-]. The molecule has 0 saturated heterocycles. The van der Waals surface area contributed by atoms with E-state index < -0.39 is 4.92 Å². The maximum Gasteiger partial charge on any atom is 0.323 e. The van der Waals surface area contributed by atoms with E-state index in [0.29, 0.717) is 0 Å². The van der Waals surface area contributed by atoms with E-state index in [1.807, 2.05) is 0 Å². The first-order valence-electron chi connectivity index (χ1n) is 6.03. The number of carbonyl (C=O) groups excluding carboxylic acids is 1. The fraction of sp³-hybridized carbons (Fsp3) is 0.364. The van der Waals surface area contributed by atoms with Crippen LogP contribution in [0, 0.1) is 10.1 Å². The number of nitrogens with one attached hydrogen (secondary N) is 1. The van der Waals surface area contributed by atoms with E-state index in [9.17, 15) is 14.9 Å². The number of nitro benzene ring substituents is 1. The first-order chi connectivity index (χ1) is 10.0. The van der Waals surface area contributed by atoms with Crippen LogP contribution in [0.2, 0.25) is 5.02 Å². The van der Waals surface area contributed by atoms with Gasteiger partial charge in [-0.2, -0.15) is 0 Å². The Morgan fingerprint density at radius 3 is 2.90 bits per heavy atom. The zero-order valence-corrected chi connectivity index (χ0v) is 11.7. The van der Waals surface area contributed by atoms with Crippen molar-refractivity contribution < 1.29 is 19.1 Å². The number of aromatic nitrogens is 2. The average Bonchev–Trinajstić information content (AvgIpc) is 2.92. The van der Waals surface area contributed by atoms with E-state index in [0.717, 1.165) is 0 Å². The number of rotatable bonds is 6. The van der Waals surface area contributed by atoms with Gasteiger partial charge in [0.15, 0.2) is 5.52 Å². The minimum absolute atomic E-state index is 0.0412. The van der Waals surface area contributed by atoms with Crippen molar-refractivity contribution in [3.63, 3.8) is 0 Å². The van der Waals surface area contributed by atoms with Crippen LogP contribution in [0.3, 0.4) is 0 Å². The topological polar surface area (TPSA) is 120 Å². The van der Waals surface area contributed by atoms with Gasteiger partial charge in [0.25, 0.3) is 0 Å². The Bertz CT molecular complexity index is 687.